The third kappa shape index (κ3) is 4.64. The van der Waals surface area contributed by atoms with Crippen LogP contribution in [0.25, 0.3) is 0 Å². The number of benzene rings is 2. The molecular weight excluding hydrogens is 402 g/mol. The summed E-state index contributed by atoms with van der Waals surface area (Å²) in [7, 11) is 0. The van der Waals surface area contributed by atoms with Crippen molar-refractivity contribution < 1.29 is 26.3 Å². The molecule has 2 aromatic rings. The van der Waals surface area contributed by atoms with Gasteiger partial charge in [-0.3, -0.25) is 0 Å². The van der Waals surface area contributed by atoms with E-state index in [1.165, 1.54) is 0 Å². The molecule has 0 saturated heterocycles. The first-order valence-electron chi connectivity index (χ1n) is 6.60. The normalized spacial score (nSPS) is 12.3. The number of hydrogen-bond donors (Lipinski definition) is 2. The Bertz CT molecular complexity index is 698. The summed E-state index contributed by atoms with van der Waals surface area (Å²) in [6.07, 6.45) is -9.53. The van der Waals surface area contributed by atoms with Gasteiger partial charge in [-0.15, -0.1) is 0 Å². The third-order valence-electron chi connectivity index (χ3n) is 3.09. The van der Waals surface area contributed by atoms with Crippen molar-refractivity contribution in [1.29, 1.82) is 0 Å². The molecule has 0 atom stereocenters. The quantitative estimate of drug-likeness (QED) is 0.504. The Morgan fingerprint density at radius 2 is 1.42 bits per heavy atom. The maximum absolute atomic E-state index is 13.1. The molecule has 130 valence electrons. The Morgan fingerprint density at radius 1 is 0.833 bits per heavy atom. The minimum absolute atomic E-state index is 0.444. The van der Waals surface area contributed by atoms with Gasteiger partial charge >= 0.3 is 12.4 Å². The van der Waals surface area contributed by atoms with E-state index in [1.54, 1.807) is 30.3 Å². The molecule has 2 nitrogen and oxygen atoms in total. The number of hydrazine groups is 1. The maximum atomic E-state index is 13.1. The standard InChI is InChI=1S/C15H11BrF6N2/c16-13-7-11(14(17,18)19)9(6-12(13)15(20,21)22)8-23-24-10-4-2-1-3-5-10/h1-7,23-24H,8H2. The van der Waals surface area contributed by atoms with Gasteiger partial charge in [0, 0.05) is 16.7 Å². The van der Waals surface area contributed by atoms with Crippen molar-refractivity contribution in [3.05, 3.63) is 63.6 Å². The van der Waals surface area contributed by atoms with Crippen LogP contribution in [0.4, 0.5) is 32.0 Å². The van der Waals surface area contributed by atoms with Crippen LogP contribution < -0.4 is 10.9 Å². The predicted octanol–water partition coefficient (Wildman–Crippen LogP) is 5.60. The van der Waals surface area contributed by atoms with Gasteiger partial charge in [-0.05, 0) is 29.8 Å². The largest absolute Gasteiger partial charge is 0.417 e. The summed E-state index contributed by atoms with van der Waals surface area (Å²) in [4.78, 5) is 0. The summed E-state index contributed by atoms with van der Waals surface area (Å²) in [6, 6.07) is 9.39. The highest BCUT2D eigenvalue weighted by Gasteiger charge is 2.38. The number of halogens is 7. The van der Waals surface area contributed by atoms with Gasteiger partial charge in [0.15, 0.2) is 0 Å². The minimum Gasteiger partial charge on any atom is -0.321 e. The van der Waals surface area contributed by atoms with E-state index in [9.17, 15) is 26.3 Å². The van der Waals surface area contributed by atoms with Gasteiger partial charge in [-0.25, -0.2) is 5.43 Å². The van der Waals surface area contributed by atoms with E-state index in [0.717, 1.165) is 0 Å². The van der Waals surface area contributed by atoms with Gasteiger partial charge in [0.2, 0.25) is 0 Å². The van der Waals surface area contributed by atoms with Gasteiger partial charge in [0.25, 0.3) is 0 Å². The highest BCUT2D eigenvalue weighted by atomic mass is 79.9. The van der Waals surface area contributed by atoms with Crippen LogP contribution in [0.2, 0.25) is 0 Å². The number of para-hydroxylation sites is 1. The van der Waals surface area contributed by atoms with Gasteiger partial charge in [0.1, 0.15) is 0 Å². The van der Waals surface area contributed by atoms with Gasteiger partial charge < -0.3 is 5.43 Å². The fourth-order valence-corrected chi connectivity index (χ4v) is 2.58. The van der Waals surface area contributed by atoms with Crippen LogP contribution in [0.1, 0.15) is 16.7 Å². The first kappa shape index (κ1) is 18.6. The average Bonchev–Trinajstić information content (AvgIpc) is 2.47. The van der Waals surface area contributed by atoms with Crippen LogP contribution in [0, 0.1) is 0 Å². The number of hydrogen-bond acceptors (Lipinski definition) is 2. The molecule has 0 bridgehead atoms. The molecule has 2 N–H and O–H groups in total. The molecule has 24 heavy (non-hydrogen) atoms. The van der Waals surface area contributed by atoms with Crippen molar-refractivity contribution in [3.8, 4) is 0 Å². The minimum atomic E-state index is -4.77. The summed E-state index contributed by atoms with van der Waals surface area (Å²) in [5.74, 6) is 0. The Labute approximate surface area is 142 Å². The second-order valence-corrected chi connectivity index (χ2v) is 5.68. The molecule has 0 aliphatic rings. The second kappa shape index (κ2) is 7.02. The molecule has 0 aliphatic carbocycles. The lowest BCUT2D eigenvalue weighted by Crippen LogP contribution is -2.24. The van der Waals surface area contributed by atoms with Crippen LogP contribution in [0.3, 0.4) is 0 Å². The second-order valence-electron chi connectivity index (χ2n) is 4.83. The highest BCUT2D eigenvalue weighted by Crippen LogP contribution is 2.40. The summed E-state index contributed by atoms with van der Waals surface area (Å²) in [6.45, 7) is -0.444. The van der Waals surface area contributed by atoms with Gasteiger partial charge in [-0.1, -0.05) is 34.1 Å². The van der Waals surface area contributed by atoms with Gasteiger partial charge in [-0.2, -0.15) is 26.3 Å². The highest BCUT2D eigenvalue weighted by molar-refractivity contribution is 9.10. The van der Waals surface area contributed by atoms with E-state index < -0.39 is 40.1 Å². The van der Waals surface area contributed by atoms with E-state index >= 15 is 0 Å². The Balaban J connectivity index is 2.28. The molecule has 0 radical (unpaired) electrons. The topological polar surface area (TPSA) is 24.1 Å². The van der Waals surface area contributed by atoms with E-state index in [0.29, 0.717) is 17.8 Å². The van der Waals surface area contributed by atoms with E-state index in [-0.39, 0.29) is 0 Å². The number of alkyl halides is 6. The molecule has 0 aliphatic heterocycles. The lowest BCUT2D eigenvalue weighted by molar-refractivity contribution is -0.142. The van der Waals surface area contributed by atoms with Crippen molar-refractivity contribution >= 4 is 21.6 Å². The van der Waals surface area contributed by atoms with Crippen molar-refractivity contribution in [3.63, 3.8) is 0 Å². The van der Waals surface area contributed by atoms with Crippen LogP contribution in [-0.2, 0) is 18.9 Å². The summed E-state index contributed by atoms with van der Waals surface area (Å²) in [5, 5.41) is 0. The number of nitrogens with one attached hydrogen (secondary N) is 2. The lowest BCUT2D eigenvalue weighted by Gasteiger charge is -2.18. The Hall–Kier alpha value is -1.74. The van der Waals surface area contributed by atoms with E-state index in [4.69, 9.17) is 0 Å². The maximum Gasteiger partial charge on any atom is 0.417 e. The molecule has 0 aromatic heterocycles. The van der Waals surface area contributed by atoms with Gasteiger partial charge in [0.05, 0.1) is 11.1 Å². The molecule has 0 spiro atoms. The fraction of sp³-hybridized carbons (Fsp3) is 0.200. The van der Waals surface area contributed by atoms with Crippen LogP contribution in [-0.4, -0.2) is 0 Å². The lowest BCUT2D eigenvalue weighted by atomic mass is 10.0. The van der Waals surface area contributed by atoms with Crippen LogP contribution >= 0.6 is 15.9 Å². The average molecular weight is 413 g/mol. The van der Waals surface area contributed by atoms with Crippen molar-refractivity contribution in [2.24, 2.45) is 0 Å². The summed E-state index contributed by atoms with van der Waals surface area (Å²) >= 11 is 2.56. The van der Waals surface area contributed by atoms with E-state index in [1.807, 2.05) is 0 Å². The van der Waals surface area contributed by atoms with Crippen molar-refractivity contribution in [2.45, 2.75) is 18.9 Å². The zero-order valence-corrected chi connectivity index (χ0v) is 13.5. The molecule has 0 heterocycles. The Kier molecular flexibility index (Phi) is 5.44. The molecule has 9 heteroatoms. The fourth-order valence-electron chi connectivity index (χ4n) is 2.01. The smallest absolute Gasteiger partial charge is 0.321 e. The Morgan fingerprint density at radius 3 is 1.96 bits per heavy atom. The van der Waals surface area contributed by atoms with Crippen LogP contribution in [0.15, 0.2) is 46.9 Å². The first-order chi connectivity index (χ1) is 11.1. The molecule has 2 rings (SSSR count). The van der Waals surface area contributed by atoms with Crippen molar-refractivity contribution in [1.82, 2.24) is 5.43 Å². The third-order valence-corrected chi connectivity index (χ3v) is 3.75. The van der Waals surface area contributed by atoms with Crippen LogP contribution in [0.5, 0.6) is 0 Å². The SMILES string of the molecule is FC(F)(F)c1cc(CNNc2ccccc2)c(C(F)(F)F)cc1Br. The summed E-state index contributed by atoms with van der Waals surface area (Å²) < 4.78 is 77.2. The van der Waals surface area contributed by atoms with Crippen molar-refractivity contribution in [2.75, 3.05) is 5.43 Å². The molecular formula is C15H11BrF6N2. The zero-order valence-electron chi connectivity index (χ0n) is 11.9. The monoisotopic (exact) mass is 412 g/mol. The van der Waals surface area contributed by atoms with E-state index in [2.05, 4.69) is 26.8 Å². The predicted molar refractivity (Wildman–Crippen MR) is 81.1 cm³/mol. The first-order valence-corrected chi connectivity index (χ1v) is 7.39. The molecule has 2 aromatic carbocycles. The molecule has 0 fully saturated rings. The molecule has 0 unspecified atom stereocenters. The number of anilines is 1. The summed E-state index contributed by atoms with van der Waals surface area (Å²) in [5.41, 5.74) is 2.89. The molecule has 0 saturated carbocycles. The zero-order chi connectivity index (χ0) is 18.0. The number of rotatable bonds is 4. The molecule has 0 amide bonds.